The number of piperazine rings is 1. The normalized spacial score (nSPS) is 16.4. The first-order valence-electron chi connectivity index (χ1n) is 11.7. The number of benzene rings is 1. The predicted molar refractivity (Wildman–Crippen MR) is 128 cm³/mol. The Morgan fingerprint density at radius 3 is 2.82 bits per heavy atom. The first-order valence-corrected chi connectivity index (χ1v) is 11.7. The maximum absolute atomic E-state index is 13.5. The number of imide groups is 1. The van der Waals surface area contributed by atoms with Gasteiger partial charge in [-0.05, 0) is 31.0 Å². The number of rotatable bonds is 10. The van der Waals surface area contributed by atoms with Gasteiger partial charge in [0, 0.05) is 54.9 Å². The molecule has 0 bridgehead atoms. The van der Waals surface area contributed by atoms with Crippen molar-refractivity contribution in [3.63, 3.8) is 0 Å². The number of amides is 4. The van der Waals surface area contributed by atoms with Crippen LogP contribution in [0.3, 0.4) is 0 Å². The van der Waals surface area contributed by atoms with Crippen LogP contribution in [0.1, 0.15) is 30.5 Å². The van der Waals surface area contributed by atoms with Crippen LogP contribution in [0, 0.1) is 0 Å². The van der Waals surface area contributed by atoms with Crippen LogP contribution in [0.25, 0.3) is 10.9 Å². The molecule has 0 saturated carbocycles. The van der Waals surface area contributed by atoms with E-state index in [1.54, 1.807) is 17.4 Å². The molecule has 1 aliphatic rings. The van der Waals surface area contributed by atoms with Gasteiger partial charge in [0.15, 0.2) is 0 Å². The van der Waals surface area contributed by atoms with E-state index in [2.05, 4.69) is 20.3 Å². The average Bonchev–Trinajstić information content (AvgIpc) is 3.50. The lowest BCUT2D eigenvalue weighted by Crippen LogP contribution is -2.64. The number of urea groups is 1. The van der Waals surface area contributed by atoms with Crippen LogP contribution in [0.4, 0.5) is 4.79 Å². The number of imidazole rings is 1. The fourth-order valence-electron chi connectivity index (χ4n) is 4.38. The molecule has 0 unspecified atom stereocenters. The minimum absolute atomic E-state index is 0.0974. The zero-order chi connectivity index (χ0) is 23.9. The molecule has 1 aromatic carbocycles. The zero-order valence-electron chi connectivity index (χ0n) is 19.1. The Morgan fingerprint density at radius 2 is 2.03 bits per heavy atom. The van der Waals surface area contributed by atoms with Crippen LogP contribution in [-0.4, -0.2) is 74.8 Å². The van der Waals surface area contributed by atoms with Crippen LogP contribution < -0.4 is 11.1 Å². The van der Waals surface area contributed by atoms with Crippen molar-refractivity contribution in [2.75, 3.05) is 26.2 Å². The van der Waals surface area contributed by atoms with Gasteiger partial charge in [0.05, 0.1) is 6.33 Å². The van der Waals surface area contributed by atoms with Crippen LogP contribution in [0.15, 0.2) is 43.0 Å². The van der Waals surface area contributed by atoms with Gasteiger partial charge in [-0.3, -0.25) is 9.59 Å². The molecule has 4 rings (SSSR count). The van der Waals surface area contributed by atoms with E-state index in [9.17, 15) is 14.4 Å². The molecular weight excluding hydrogens is 434 g/mol. The minimum Gasteiger partial charge on any atom is -0.361 e. The van der Waals surface area contributed by atoms with Crippen LogP contribution in [0.2, 0.25) is 0 Å². The Balaban J connectivity index is 1.51. The molecule has 2 aromatic heterocycles. The molecule has 3 aromatic rings. The van der Waals surface area contributed by atoms with Gasteiger partial charge in [-0.15, -0.1) is 0 Å². The Kier molecular flexibility index (Phi) is 7.58. The van der Waals surface area contributed by atoms with Gasteiger partial charge >= 0.3 is 6.03 Å². The molecule has 0 radical (unpaired) electrons. The van der Waals surface area contributed by atoms with Crippen LogP contribution in [0.5, 0.6) is 0 Å². The minimum atomic E-state index is -0.901. The molecule has 34 heavy (non-hydrogen) atoms. The molecule has 0 spiro atoms. The molecule has 10 heteroatoms. The number of hydrogen-bond acceptors (Lipinski definition) is 5. The van der Waals surface area contributed by atoms with E-state index < -0.39 is 12.1 Å². The second-order valence-electron chi connectivity index (χ2n) is 8.51. The summed E-state index contributed by atoms with van der Waals surface area (Å²) in [5, 5.41) is 3.76. The fraction of sp³-hybridized carbons (Fsp3) is 0.417. The summed E-state index contributed by atoms with van der Waals surface area (Å²) < 4.78 is 0. The van der Waals surface area contributed by atoms with Gasteiger partial charge in [-0.1, -0.05) is 24.6 Å². The largest absolute Gasteiger partial charge is 0.361 e. The lowest BCUT2D eigenvalue weighted by Gasteiger charge is -2.39. The summed E-state index contributed by atoms with van der Waals surface area (Å²) in [6.45, 7) is 1.30. The Hall–Kier alpha value is -3.66. The summed E-state index contributed by atoms with van der Waals surface area (Å²) in [7, 11) is 0. The van der Waals surface area contributed by atoms with Gasteiger partial charge in [0.2, 0.25) is 5.91 Å². The summed E-state index contributed by atoms with van der Waals surface area (Å²) in [5.41, 5.74) is 8.28. The molecule has 1 aliphatic heterocycles. The van der Waals surface area contributed by atoms with E-state index in [0.717, 1.165) is 46.3 Å². The monoisotopic (exact) mass is 465 g/mol. The summed E-state index contributed by atoms with van der Waals surface area (Å²) in [5.74, 6) is -0.580. The Morgan fingerprint density at radius 1 is 1.18 bits per heavy atom. The molecule has 4 amide bonds. The summed E-state index contributed by atoms with van der Waals surface area (Å²) in [6, 6.07) is 6.33. The number of para-hydroxylation sites is 1. The molecule has 5 N–H and O–H groups in total. The van der Waals surface area contributed by atoms with Crippen molar-refractivity contribution in [2.45, 2.75) is 38.1 Å². The van der Waals surface area contributed by atoms with Crippen molar-refractivity contribution in [1.29, 1.82) is 0 Å². The maximum Gasteiger partial charge on any atom is 0.324 e. The van der Waals surface area contributed by atoms with E-state index in [1.807, 2.05) is 30.5 Å². The van der Waals surface area contributed by atoms with E-state index in [0.29, 0.717) is 26.1 Å². The van der Waals surface area contributed by atoms with E-state index in [1.165, 1.54) is 0 Å². The molecule has 180 valence electrons. The summed E-state index contributed by atoms with van der Waals surface area (Å²) in [6.07, 6.45) is 8.43. The number of aromatic nitrogens is 3. The second kappa shape index (κ2) is 11.0. The van der Waals surface area contributed by atoms with Crippen molar-refractivity contribution in [3.05, 3.63) is 54.2 Å². The topological polar surface area (TPSA) is 140 Å². The predicted octanol–water partition coefficient (Wildman–Crippen LogP) is 1.55. The van der Waals surface area contributed by atoms with E-state index in [4.69, 9.17) is 5.73 Å². The second-order valence-corrected chi connectivity index (χ2v) is 8.51. The molecule has 1 saturated heterocycles. The SMILES string of the molecule is NCCCCCN1CC(=O)N(C(=O)NCCc2cnc[nH]2)[C@@H](Cc2c[nH]c3ccccc23)C1=O. The number of hydrogen-bond donors (Lipinski definition) is 4. The number of unbranched alkanes of at least 4 members (excludes halogenated alkanes) is 2. The highest BCUT2D eigenvalue weighted by Crippen LogP contribution is 2.24. The highest BCUT2D eigenvalue weighted by molar-refractivity contribution is 6.05. The van der Waals surface area contributed by atoms with Gasteiger partial charge in [0.25, 0.3) is 5.91 Å². The number of aromatic amines is 2. The molecule has 10 nitrogen and oxygen atoms in total. The highest BCUT2D eigenvalue weighted by atomic mass is 16.2. The number of nitrogens with zero attached hydrogens (tertiary/aromatic N) is 3. The van der Waals surface area contributed by atoms with Gasteiger partial charge in [-0.2, -0.15) is 0 Å². The van der Waals surface area contributed by atoms with Crippen LogP contribution >= 0.6 is 0 Å². The fourth-order valence-corrected chi connectivity index (χ4v) is 4.38. The lowest BCUT2D eigenvalue weighted by molar-refractivity contribution is -0.152. The molecule has 1 fully saturated rings. The molecule has 1 atom stereocenters. The van der Waals surface area contributed by atoms with Gasteiger partial charge in [-0.25, -0.2) is 14.7 Å². The molecular formula is C24H31N7O3. The van der Waals surface area contributed by atoms with Crippen molar-refractivity contribution in [1.82, 2.24) is 30.1 Å². The number of carbonyl (C=O) groups is 3. The van der Waals surface area contributed by atoms with Crippen molar-refractivity contribution >= 4 is 28.7 Å². The summed E-state index contributed by atoms with van der Waals surface area (Å²) >= 11 is 0. The Bertz CT molecular complexity index is 1120. The van der Waals surface area contributed by atoms with Crippen molar-refractivity contribution in [2.24, 2.45) is 5.73 Å². The summed E-state index contributed by atoms with van der Waals surface area (Å²) in [4.78, 5) is 52.5. The number of fused-ring (bicyclic) bond motifs is 1. The Labute approximate surface area is 197 Å². The standard InChI is InChI=1S/C24H31N7O3/c25-9-4-1-5-11-30-15-22(32)31(24(34)27-10-8-18-14-26-16-29-18)21(23(30)33)12-17-13-28-20-7-3-2-6-19(17)20/h2-3,6-7,13-14,16,21,28H,1,4-5,8-12,15,25H2,(H,26,29)(H,27,34)/t21-/m0/s1. The first kappa shape index (κ1) is 23.5. The van der Waals surface area contributed by atoms with Gasteiger partial charge in [0.1, 0.15) is 12.6 Å². The molecule has 0 aliphatic carbocycles. The van der Waals surface area contributed by atoms with Gasteiger partial charge < -0.3 is 25.9 Å². The van der Waals surface area contributed by atoms with Crippen molar-refractivity contribution < 1.29 is 14.4 Å². The third-order valence-corrected chi connectivity index (χ3v) is 6.17. The molecule has 3 heterocycles. The number of nitrogens with two attached hydrogens (primary N) is 1. The smallest absolute Gasteiger partial charge is 0.324 e. The zero-order valence-corrected chi connectivity index (χ0v) is 19.1. The third-order valence-electron chi connectivity index (χ3n) is 6.17. The van der Waals surface area contributed by atoms with E-state index >= 15 is 0 Å². The highest BCUT2D eigenvalue weighted by Gasteiger charge is 2.42. The lowest BCUT2D eigenvalue weighted by atomic mass is 10.00. The number of nitrogens with one attached hydrogen (secondary N) is 3. The maximum atomic E-state index is 13.5. The average molecular weight is 466 g/mol. The van der Waals surface area contributed by atoms with Crippen LogP contribution in [-0.2, 0) is 22.4 Å². The van der Waals surface area contributed by atoms with Crippen molar-refractivity contribution in [3.8, 4) is 0 Å². The third kappa shape index (κ3) is 5.28. The number of H-pyrrole nitrogens is 2. The number of carbonyl (C=O) groups excluding carboxylic acids is 3. The quantitative estimate of drug-likeness (QED) is 0.336. The van der Waals surface area contributed by atoms with E-state index in [-0.39, 0.29) is 24.8 Å². The first-order chi connectivity index (χ1) is 16.6.